The van der Waals surface area contributed by atoms with E-state index >= 15 is 0 Å². The fraction of sp³-hybridized carbons (Fsp3) is 0. The number of hydroxylamine groups is 1. The van der Waals surface area contributed by atoms with Gasteiger partial charge in [-0.25, -0.2) is 0 Å². The van der Waals surface area contributed by atoms with Crippen molar-refractivity contribution < 1.29 is 5.21 Å². The molecule has 3 N–H and O–H groups in total. The number of pyridine rings is 1. The molecule has 4 nitrogen and oxygen atoms in total. The lowest BCUT2D eigenvalue weighted by Gasteiger charge is -1.96. The first-order valence-corrected chi connectivity index (χ1v) is 2.66. The van der Waals surface area contributed by atoms with E-state index < -0.39 is 0 Å². The van der Waals surface area contributed by atoms with Gasteiger partial charge in [-0.1, -0.05) is 6.07 Å². The van der Waals surface area contributed by atoms with Gasteiger partial charge in [-0.15, -0.1) is 0 Å². The second-order valence-corrected chi connectivity index (χ2v) is 1.62. The molecule has 0 unspecified atom stereocenters. The molecule has 0 aromatic carbocycles. The van der Waals surface area contributed by atoms with Gasteiger partial charge in [0.05, 0.1) is 0 Å². The minimum absolute atomic E-state index is 0.152. The molecule has 1 rings (SSSR count). The standard InChI is InChI=1S/C6H6N3O/c7-6(9-10)5-3-1-2-4-8-5/h1-2,4,10H,(H2,7,9). The van der Waals surface area contributed by atoms with E-state index in [4.69, 9.17) is 10.6 Å². The Morgan fingerprint density at radius 1 is 1.80 bits per heavy atom. The third-order valence-corrected chi connectivity index (χ3v) is 0.955. The first-order valence-electron chi connectivity index (χ1n) is 2.66. The van der Waals surface area contributed by atoms with E-state index in [1.165, 1.54) is 6.20 Å². The summed E-state index contributed by atoms with van der Waals surface area (Å²) in [5.41, 5.74) is 1.97. The Hall–Kier alpha value is -1.42. The van der Waals surface area contributed by atoms with E-state index in [0.717, 1.165) is 0 Å². The van der Waals surface area contributed by atoms with E-state index in [1.54, 1.807) is 17.6 Å². The highest BCUT2D eigenvalue weighted by molar-refractivity contribution is 5.93. The van der Waals surface area contributed by atoms with Crippen molar-refractivity contribution in [2.45, 2.75) is 0 Å². The van der Waals surface area contributed by atoms with Gasteiger partial charge in [0.1, 0.15) is 5.69 Å². The summed E-state index contributed by atoms with van der Waals surface area (Å²) in [6, 6.07) is 5.97. The van der Waals surface area contributed by atoms with E-state index in [-0.39, 0.29) is 5.84 Å². The lowest BCUT2D eigenvalue weighted by Crippen LogP contribution is -2.19. The van der Waals surface area contributed by atoms with E-state index in [0.29, 0.717) is 5.69 Å². The highest BCUT2D eigenvalue weighted by atomic mass is 16.5. The molecule has 0 aliphatic heterocycles. The summed E-state index contributed by atoms with van der Waals surface area (Å²) >= 11 is 0. The van der Waals surface area contributed by atoms with Crippen molar-refractivity contribution in [2.75, 3.05) is 0 Å². The fourth-order valence-corrected chi connectivity index (χ4v) is 0.515. The van der Waals surface area contributed by atoms with Crippen LogP contribution in [0.15, 0.2) is 18.3 Å². The van der Waals surface area contributed by atoms with Crippen LogP contribution in [-0.2, 0) is 0 Å². The number of nitrogens with zero attached hydrogens (tertiary/aromatic N) is 1. The largest absolute Gasteiger partial charge is 0.290 e. The molecular weight excluding hydrogens is 130 g/mol. The summed E-state index contributed by atoms with van der Waals surface area (Å²) in [6.07, 6.45) is 1.53. The van der Waals surface area contributed by atoms with Crippen LogP contribution in [0.1, 0.15) is 5.69 Å². The van der Waals surface area contributed by atoms with Crippen LogP contribution in [0.4, 0.5) is 0 Å². The molecule has 0 aliphatic rings. The first kappa shape index (κ1) is 6.70. The van der Waals surface area contributed by atoms with Crippen molar-refractivity contribution >= 4 is 5.84 Å². The number of rotatable bonds is 1. The zero-order valence-electron chi connectivity index (χ0n) is 5.13. The van der Waals surface area contributed by atoms with Crippen molar-refractivity contribution in [2.24, 2.45) is 0 Å². The van der Waals surface area contributed by atoms with Gasteiger partial charge in [0.25, 0.3) is 0 Å². The third-order valence-electron chi connectivity index (χ3n) is 0.955. The SMILES string of the molecule is N=C(NO)c1[c]cccn1. The maximum absolute atomic E-state index is 8.25. The van der Waals surface area contributed by atoms with Crippen molar-refractivity contribution in [3.63, 3.8) is 0 Å². The Bertz CT molecular complexity index is 222. The van der Waals surface area contributed by atoms with Gasteiger partial charge in [-0.2, -0.15) is 0 Å². The van der Waals surface area contributed by atoms with Crippen molar-refractivity contribution in [1.82, 2.24) is 10.5 Å². The topological polar surface area (TPSA) is 69.0 Å². The molecule has 0 fully saturated rings. The summed E-state index contributed by atoms with van der Waals surface area (Å²) < 4.78 is 0. The molecule has 0 saturated carbocycles. The minimum atomic E-state index is -0.152. The van der Waals surface area contributed by atoms with Crippen LogP contribution in [0.3, 0.4) is 0 Å². The van der Waals surface area contributed by atoms with Crippen molar-refractivity contribution in [3.05, 3.63) is 30.1 Å². The van der Waals surface area contributed by atoms with Crippen LogP contribution in [0.5, 0.6) is 0 Å². The third kappa shape index (κ3) is 1.29. The quantitative estimate of drug-likeness (QED) is 0.293. The number of amidine groups is 1. The Morgan fingerprint density at radius 2 is 2.60 bits per heavy atom. The summed E-state index contributed by atoms with van der Waals surface area (Å²) in [6.45, 7) is 0. The van der Waals surface area contributed by atoms with Crippen molar-refractivity contribution in [1.29, 1.82) is 5.41 Å². The molecule has 10 heavy (non-hydrogen) atoms. The van der Waals surface area contributed by atoms with Gasteiger partial charge in [0, 0.05) is 12.3 Å². The lowest BCUT2D eigenvalue weighted by molar-refractivity contribution is 0.234. The second-order valence-electron chi connectivity index (χ2n) is 1.62. The van der Waals surface area contributed by atoms with Gasteiger partial charge in [0.15, 0.2) is 5.84 Å². The molecule has 0 bridgehead atoms. The minimum Gasteiger partial charge on any atom is -0.290 e. The van der Waals surface area contributed by atoms with Crippen LogP contribution >= 0.6 is 0 Å². The van der Waals surface area contributed by atoms with Gasteiger partial charge >= 0.3 is 0 Å². The van der Waals surface area contributed by atoms with Gasteiger partial charge in [0.2, 0.25) is 0 Å². The van der Waals surface area contributed by atoms with Crippen LogP contribution in [0.2, 0.25) is 0 Å². The normalized spacial score (nSPS) is 8.90. The molecule has 0 saturated heterocycles. The predicted molar refractivity (Wildman–Crippen MR) is 34.8 cm³/mol. The van der Waals surface area contributed by atoms with Crippen LogP contribution < -0.4 is 5.48 Å². The molecular formula is C6H6N3O. The van der Waals surface area contributed by atoms with Crippen LogP contribution in [0, 0.1) is 11.5 Å². The molecule has 0 spiro atoms. The van der Waals surface area contributed by atoms with E-state index in [9.17, 15) is 0 Å². The smallest absolute Gasteiger partial charge is 0.168 e. The predicted octanol–water partition coefficient (Wildman–Crippen LogP) is 0.186. The van der Waals surface area contributed by atoms with E-state index in [2.05, 4.69) is 11.1 Å². The summed E-state index contributed by atoms with van der Waals surface area (Å²) in [4.78, 5) is 3.75. The zero-order chi connectivity index (χ0) is 7.40. The fourth-order valence-electron chi connectivity index (χ4n) is 0.515. The summed E-state index contributed by atoms with van der Waals surface area (Å²) in [5.74, 6) is -0.152. The number of nitrogens with one attached hydrogen (secondary N) is 2. The van der Waals surface area contributed by atoms with Gasteiger partial charge < -0.3 is 0 Å². The Labute approximate surface area is 58.0 Å². The molecule has 1 aromatic rings. The molecule has 4 heteroatoms. The second kappa shape index (κ2) is 2.93. The molecule has 0 atom stereocenters. The summed E-state index contributed by atoms with van der Waals surface area (Å²) in [7, 11) is 0. The average Bonchev–Trinajstić information content (AvgIpc) is 2.05. The highest BCUT2D eigenvalue weighted by Crippen LogP contribution is 1.89. The summed E-state index contributed by atoms with van der Waals surface area (Å²) in [5, 5.41) is 15.3. The Morgan fingerprint density at radius 3 is 3.10 bits per heavy atom. The maximum Gasteiger partial charge on any atom is 0.168 e. The van der Waals surface area contributed by atoms with Gasteiger partial charge in [-0.05, 0) is 6.07 Å². The van der Waals surface area contributed by atoms with Crippen LogP contribution in [-0.4, -0.2) is 16.0 Å². The Balaban J connectivity index is 2.85. The molecule has 1 radical (unpaired) electrons. The molecule has 0 amide bonds. The average molecular weight is 136 g/mol. The number of hydrogen-bond donors (Lipinski definition) is 3. The monoisotopic (exact) mass is 136 g/mol. The Kier molecular flexibility index (Phi) is 1.96. The molecule has 0 aliphatic carbocycles. The molecule has 51 valence electrons. The van der Waals surface area contributed by atoms with Crippen molar-refractivity contribution in [3.8, 4) is 0 Å². The first-order chi connectivity index (χ1) is 4.84. The maximum atomic E-state index is 8.25. The molecule has 1 aromatic heterocycles. The zero-order valence-corrected chi connectivity index (χ0v) is 5.13. The number of aromatic nitrogens is 1. The highest BCUT2D eigenvalue weighted by Gasteiger charge is 1.97. The lowest BCUT2D eigenvalue weighted by atomic mass is 10.3. The van der Waals surface area contributed by atoms with E-state index in [1.807, 2.05) is 0 Å². The molecule has 1 heterocycles. The number of hydrogen-bond acceptors (Lipinski definition) is 3. The van der Waals surface area contributed by atoms with Crippen LogP contribution in [0.25, 0.3) is 0 Å². The van der Waals surface area contributed by atoms with Gasteiger partial charge in [-0.3, -0.25) is 21.1 Å².